The van der Waals surface area contributed by atoms with Crippen LogP contribution in [0.5, 0.6) is 0 Å². The Kier molecular flexibility index (Phi) is 3.74. The van der Waals surface area contributed by atoms with E-state index in [0.29, 0.717) is 0 Å². The molecule has 1 saturated heterocycles. The maximum Gasteiger partial charge on any atom is 0.147 e. The second kappa shape index (κ2) is 6.25. The lowest BCUT2D eigenvalue weighted by molar-refractivity contribution is 0.122. The molecule has 0 unspecified atom stereocenters. The fourth-order valence-corrected chi connectivity index (χ4v) is 3.82. The van der Waals surface area contributed by atoms with Crippen molar-refractivity contribution >= 4 is 22.5 Å². The minimum Gasteiger partial charge on any atom is -0.378 e. The molecule has 0 amide bonds. The molecule has 6 nitrogen and oxygen atoms in total. The first kappa shape index (κ1) is 15.6. The van der Waals surface area contributed by atoms with Crippen LogP contribution in [-0.4, -0.2) is 47.8 Å². The van der Waals surface area contributed by atoms with Crippen LogP contribution in [0.3, 0.4) is 0 Å². The number of benzene rings is 1. The fourth-order valence-electron chi connectivity index (χ4n) is 3.82. The maximum atomic E-state index is 13.5. The number of halogens is 1. The smallest absolute Gasteiger partial charge is 0.147 e. The lowest BCUT2D eigenvalue weighted by Gasteiger charge is -2.30. The van der Waals surface area contributed by atoms with E-state index in [9.17, 15) is 4.39 Å². The number of nitrogens with one attached hydrogen (secondary N) is 1. The average molecular weight is 353 g/mol. The number of H-pyrrole nitrogens is 1. The van der Waals surface area contributed by atoms with Gasteiger partial charge in [-0.15, -0.1) is 0 Å². The molecule has 5 rings (SSSR count). The summed E-state index contributed by atoms with van der Waals surface area (Å²) in [4.78, 5) is 17.0. The number of nitrogens with zero attached hydrogens (tertiary/aromatic N) is 4. The first-order chi connectivity index (χ1) is 12.8. The van der Waals surface area contributed by atoms with E-state index in [1.165, 1.54) is 17.3 Å². The zero-order chi connectivity index (χ0) is 17.5. The highest BCUT2D eigenvalue weighted by Gasteiger charge is 2.22. The molecule has 1 aromatic carbocycles. The third-order valence-corrected chi connectivity index (χ3v) is 5.22. The molecule has 1 N–H and O–H groups in total. The van der Waals surface area contributed by atoms with Crippen LogP contribution in [0.2, 0.25) is 0 Å². The van der Waals surface area contributed by atoms with Gasteiger partial charge in [0.15, 0.2) is 0 Å². The topological polar surface area (TPSA) is 57.3 Å². The number of hydrogen-bond donors (Lipinski definition) is 1. The van der Waals surface area contributed by atoms with Crippen molar-refractivity contribution in [3.8, 4) is 0 Å². The van der Waals surface area contributed by atoms with Gasteiger partial charge in [0.05, 0.1) is 25.6 Å². The molecule has 2 aliphatic heterocycles. The van der Waals surface area contributed by atoms with E-state index in [1.807, 2.05) is 18.5 Å². The Hall–Kier alpha value is -2.67. The summed E-state index contributed by atoms with van der Waals surface area (Å²) in [5.74, 6) is 1.57. The number of fused-ring (bicyclic) bond motifs is 3. The molecule has 2 aromatic heterocycles. The molecular formula is C19H20FN5O. The number of ether oxygens (including phenoxy) is 1. The second-order valence-electron chi connectivity index (χ2n) is 6.78. The van der Waals surface area contributed by atoms with Crippen molar-refractivity contribution in [3.05, 3.63) is 47.7 Å². The van der Waals surface area contributed by atoms with Gasteiger partial charge >= 0.3 is 0 Å². The van der Waals surface area contributed by atoms with Gasteiger partial charge in [0, 0.05) is 54.8 Å². The van der Waals surface area contributed by atoms with Gasteiger partial charge in [-0.05, 0) is 18.2 Å². The summed E-state index contributed by atoms with van der Waals surface area (Å²) in [6.07, 6.45) is 4.59. The van der Waals surface area contributed by atoms with E-state index >= 15 is 0 Å². The van der Waals surface area contributed by atoms with Crippen molar-refractivity contribution in [1.82, 2.24) is 15.0 Å². The summed E-state index contributed by atoms with van der Waals surface area (Å²) in [5, 5.41) is 1.09. The van der Waals surface area contributed by atoms with Crippen LogP contribution in [0, 0.1) is 5.82 Å². The Bertz CT molecular complexity index is 933. The predicted octanol–water partition coefficient (Wildman–Crippen LogP) is 2.50. The number of anilines is 2. The lowest BCUT2D eigenvalue weighted by atomic mass is 10.0. The first-order valence-electron chi connectivity index (χ1n) is 8.96. The summed E-state index contributed by atoms with van der Waals surface area (Å²) in [7, 11) is 0. The minimum atomic E-state index is -0.211. The van der Waals surface area contributed by atoms with Crippen molar-refractivity contribution in [1.29, 1.82) is 0 Å². The van der Waals surface area contributed by atoms with Crippen LogP contribution in [0.15, 0.2) is 30.6 Å². The van der Waals surface area contributed by atoms with Gasteiger partial charge in [-0.25, -0.2) is 14.4 Å². The molecule has 4 heterocycles. The maximum absolute atomic E-state index is 13.5. The van der Waals surface area contributed by atoms with Crippen molar-refractivity contribution in [2.45, 2.75) is 13.0 Å². The molecule has 0 spiro atoms. The SMILES string of the molecule is Fc1ccc2c3c([nH]c2c1)CCN(c1cnc(N2CCOCC2)cn1)C3. The van der Waals surface area contributed by atoms with Crippen LogP contribution in [0.25, 0.3) is 10.9 Å². The molecule has 7 heteroatoms. The van der Waals surface area contributed by atoms with E-state index in [2.05, 4.69) is 24.8 Å². The Labute approximate surface area is 150 Å². The Morgan fingerprint density at radius 3 is 2.54 bits per heavy atom. The largest absolute Gasteiger partial charge is 0.378 e. The van der Waals surface area contributed by atoms with E-state index in [1.54, 1.807) is 6.07 Å². The van der Waals surface area contributed by atoms with Crippen LogP contribution in [-0.2, 0) is 17.7 Å². The van der Waals surface area contributed by atoms with Crippen LogP contribution in [0.4, 0.5) is 16.0 Å². The molecule has 0 radical (unpaired) electrons. The summed E-state index contributed by atoms with van der Waals surface area (Å²) in [6.45, 7) is 4.80. The lowest BCUT2D eigenvalue weighted by Crippen LogP contribution is -2.37. The quantitative estimate of drug-likeness (QED) is 0.767. The van der Waals surface area contributed by atoms with Gasteiger partial charge in [-0.3, -0.25) is 0 Å². The van der Waals surface area contributed by atoms with Gasteiger partial charge < -0.3 is 19.5 Å². The zero-order valence-electron chi connectivity index (χ0n) is 14.4. The van der Waals surface area contributed by atoms with Gasteiger partial charge in [-0.1, -0.05) is 0 Å². The normalized spacial score (nSPS) is 17.6. The highest BCUT2D eigenvalue weighted by Crippen LogP contribution is 2.30. The van der Waals surface area contributed by atoms with E-state index in [4.69, 9.17) is 4.74 Å². The van der Waals surface area contributed by atoms with Crippen LogP contribution in [0.1, 0.15) is 11.3 Å². The van der Waals surface area contributed by atoms with E-state index in [0.717, 1.165) is 68.4 Å². The third-order valence-electron chi connectivity index (χ3n) is 5.22. The Morgan fingerprint density at radius 2 is 1.77 bits per heavy atom. The van der Waals surface area contributed by atoms with Crippen LogP contribution < -0.4 is 9.80 Å². The first-order valence-corrected chi connectivity index (χ1v) is 8.96. The third kappa shape index (κ3) is 2.68. The Balaban J connectivity index is 1.39. The highest BCUT2D eigenvalue weighted by atomic mass is 19.1. The molecule has 26 heavy (non-hydrogen) atoms. The van der Waals surface area contributed by atoms with Crippen molar-refractivity contribution in [2.24, 2.45) is 0 Å². The molecule has 0 aliphatic carbocycles. The van der Waals surface area contributed by atoms with Gasteiger partial charge in [0.1, 0.15) is 17.5 Å². The standard InChI is InChI=1S/C19H20FN5O/c20-13-1-2-14-15-12-25(4-3-16(15)23-17(14)9-13)19-11-21-18(10-22-19)24-5-7-26-8-6-24/h1-2,9-11,23H,3-8,12H2. The zero-order valence-corrected chi connectivity index (χ0v) is 14.4. The summed E-state index contributed by atoms with van der Waals surface area (Å²) in [6, 6.07) is 4.94. The van der Waals surface area contributed by atoms with E-state index < -0.39 is 0 Å². The predicted molar refractivity (Wildman–Crippen MR) is 98.1 cm³/mol. The molecule has 3 aromatic rings. The molecular weight excluding hydrogens is 333 g/mol. The second-order valence-corrected chi connectivity index (χ2v) is 6.78. The van der Waals surface area contributed by atoms with Crippen molar-refractivity contribution in [2.75, 3.05) is 42.6 Å². The summed E-state index contributed by atoms with van der Waals surface area (Å²) in [5.41, 5.74) is 3.29. The summed E-state index contributed by atoms with van der Waals surface area (Å²) >= 11 is 0. The Morgan fingerprint density at radius 1 is 1.00 bits per heavy atom. The molecule has 0 saturated carbocycles. The fraction of sp³-hybridized carbons (Fsp3) is 0.368. The average Bonchev–Trinajstić information content (AvgIpc) is 3.05. The van der Waals surface area contributed by atoms with Gasteiger partial charge in [0.2, 0.25) is 0 Å². The monoisotopic (exact) mass is 353 g/mol. The van der Waals surface area contributed by atoms with Crippen molar-refractivity contribution in [3.63, 3.8) is 0 Å². The van der Waals surface area contributed by atoms with Crippen molar-refractivity contribution < 1.29 is 9.13 Å². The molecule has 0 bridgehead atoms. The van der Waals surface area contributed by atoms with Crippen LogP contribution >= 0.6 is 0 Å². The minimum absolute atomic E-state index is 0.211. The molecule has 1 fully saturated rings. The number of aromatic amines is 1. The number of hydrogen-bond acceptors (Lipinski definition) is 5. The number of morpholine rings is 1. The number of aromatic nitrogens is 3. The molecule has 0 atom stereocenters. The van der Waals surface area contributed by atoms with Gasteiger partial charge in [-0.2, -0.15) is 0 Å². The van der Waals surface area contributed by atoms with E-state index in [-0.39, 0.29) is 5.82 Å². The molecule has 2 aliphatic rings. The summed E-state index contributed by atoms with van der Waals surface area (Å²) < 4.78 is 18.9. The molecule has 134 valence electrons. The highest BCUT2D eigenvalue weighted by molar-refractivity contribution is 5.85. The number of rotatable bonds is 2. The van der Waals surface area contributed by atoms with Gasteiger partial charge in [0.25, 0.3) is 0 Å².